The maximum atomic E-state index is 13.5. The normalized spacial score (nSPS) is 17.3. The summed E-state index contributed by atoms with van der Waals surface area (Å²) < 4.78 is 0. The van der Waals surface area contributed by atoms with Crippen molar-refractivity contribution in [3.63, 3.8) is 0 Å². The van der Waals surface area contributed by atoms with Crippen molar-refractivity contribution in [1.82, 2.24) is 4.90 Å². The molecule has 4 nitrogen and oxygen atoms in total. The summed E-state index contributed by atoms with van der Waals surface area (Å²) in [5.74, 6) is -0.351. The van der Waals surface area contributed by atoms with Crippen molar-refractivity contribution in [3.05, 3.63) is 112 Å². The van der Waals surface area contributed by atoms with E-state index in [0.717, 1.165) is 5.56 Å². The zero-order valence-electron chi connectivity index (χ0n) is 19.1. The van der Waals surface area contributed by atoms with Crippen LogP contribution in [0.5, 0.6) is 0 Å². The average Bonchev–Trinajstić information content (AvgIpc) is 3.19. The standard InChI is InChI=1S/C28H27ClN2O2/c1-19-10-11-21(16-20(19)2)18-31-15-7-14-28(31,3)27(33)30-25-13-12-23(29)17-24(25)26(32)22-8-5-4-6-9-22/h4-13,15-17H,14,18H2,1-3H3,(H,30,33)/t28-/m1/s1. The van der Waals surface area contributed by atoms with Crippen molar-refractivity contribution in [1.29, 1.82) is 0 Å². The van der Waals surface area contributed by atoms with Gasteiger partial charge in [-0.25, -0.2) is 0 Å². The minimum absolute atomic E-state index is 0.166. The van der Waals surface area contributed by atoms with Crippen LogP contribution in [0.4, 0.5) is 5.69 Å². The van der Waals surface area contributed by atoms with Gasteiger partial charge in [-0.3, -0.25) is 9.59 Å². The molecule has 1 aliphatic rings. The molecule has 1 heterocycles. The Morgan fingerprint density at radius 3 is 2.48 bits per heavy atom. The maximum Gasteiger partial charge on any atom is 0.250 e. The molecule has 0 spiro atoms. The summed E-state index contributed by atoms with van der Waals surface area (Å²) in [6.45, 7) is 6.74. The molecule has 1 amide bonds. The number of nitrogens with one attached hydrogen (secondary N) is 1. The number of carbonyl (C=O) groups excluding carboxylic acids is 2. The van der Waals surface area contributed by atoms with Gasteiger partial charge < -0.3 is 10.2 Å². The largest absolute Gasteiger partial charge is 0.359 e. The Morgan fingerprint density at radius 1 is 1.00 bits per heavy atom. The van der Waals surface area contributed by atoms with E-state index < -0.39 is 5.54 Å². The highest BCUT2D eigenvalue weighted by Gasteiger charge is 2.40. The first kappa shape index (κ1) is 22.8. The third kappa shape index (κ3) is 4.71. The second kappa shape index (κ2) is 9.24. The number of hydrogen-bond acceptors (Lipinski definition) is 3. The van der Waals surface area contributed by atoms with Gasteiger partial charge >= 0.3 is 0 Å². The van der Waals surface area contributed by atoms with Gasteiger partial charge in [0.05, 0.1) is 5.69 Å². The van der Waals surface area contributed by atoms with Crippen molar-refractivity contribution in [2.75, 3.05) is 5.32 Å². The molecule has 4 rings (SSSR count). The first-order valence-corrected chi connectivity index (χ1v) is 11.4. The molecule has 1 aliphatic heterocycles. The lowest BCUT2D eigenvalue weighted by atomic mass is 9.95. The van der Waals surface area contributed by atoms with Crippen LogP contribution in [0.1, 0.15) is 46.0 Å². The molecule has 33 heavy (non-hydrogen) atoms. The Kier molecular flexibility index (Phi) is 6.39. The molecule has 0 radical (unpaired) electrons. The van der Waals surface area contributed by atoms with Crippen molar-refractivity contribution in [2.45, 2.75) is 39.3 Å². The molecule has 3 aromatic carbocycles. The first-order chi connectivity index (χ1) is 15.8. The van der Waals surface area contributed by atoms with E-state index in [0.29, 0.717) is 34.8 Å². The van der Waals surface area contributed by atoms with Gasteiger partial charge in [0.25, 0.3) is 0 Å². The number of nitrogens with zero attached hydrogens (tertiary/aromatic N) is 1. The summed E-state index contributed by atoms with van der Waals surface area (Å²) in [4.78, 5) is 28.7. The Bertz CT molecular complexity index is 1240. The summed E-state index contributed by atoms with van der Waals surface area (Å²) in [7, 11) is 0. The molecule has 168 valence electrons. The van der Waals surface area contributed by atoms with Crippen LogP contribution in [0.25, 0.3) is 0 Å². The Hall–Kier alpha value is -3.37. The lowest BCUT2D eigenvalue weighted by Crippen LogP contribution is -2.49. The molecular weight excluding hydrogens is 432 g/mol. The minimum Gasteiger partial charge on any atom is -0.359 e. The van der Waals surface area contributed by atoms with Crippen LogP contribution in [0.15, 0.2) is 79.0 Å². The second-order valence-corrected chi connectivity index (χ2v) is 9.18. The highest BCUT2D eigenvalue weighted by atomic mass is 35.5. The highest BCUT2D eigenvalue weighted by molar-refractivity contribution is 6.31. The van der Waals surface area contributed by atoms with Gasteiger partial charge in [0.1, 0.15) is 5.54 Å². The summed E-state index contributed by atoms with van der Waals surface area (Å²) >= 11 is 6.19. The number of benzene rings is 3. The van der Waals surface area contributed by atoms with Crippen molar-refractivity contribution >= 4 is 29.0 Å². The fourth-order valence-electron chi connectivity index (χ4n) is 4.06. The third-order valence-corrected chi connectivity index (χ3v) is 6.59. The van der Waals surface area contributed by atoms with E-state index in [2.05, 4.69) is 42.3 Å². The molecule has 0 fully saturated rings. The number of carbonyl (C=O) groups is 2. The lowest BCUT2D eigenvalue weighted by molar-refractivity contribution is -0.125. The van der Waals surface area contributed by atoms with Gasteiger partial charge in [0.2, 0.25) is 5.91 Å². The smallest absolute Gasteiger partial charge is 0.250 e. The molecule has 3 aromatic rings. The Labute approximate surface area is 199 Å². The number of aryl methyl sites for hydroxylation is 2. The van der Waals surface area contributed by atoms with Gasteiger partial charge in [0, 0.05) is 22.7 Å². The lowest BCUT2D eigenvalue weighted by Gasteiger charge is -2.35. The summed E-state index contributed by atoms with van der Waals surface area (Å²) in [6, 6.07) is 20.3. The number of halogens is 1. The van der Waals surface area contributed by atoms with E-state index in [1.807, 2.05) is 37.4 Å². The van der Waals surface area contributed by atoms with Gasteiger partial charge in [-0.15, -0.1) is 0 Å². The van der Waals surface area contributed by atoms with Crippen LogP contribution in [-0.4, -0.2) is 22.1 Å². The number of anilines is 1. The number of ketones is 1. The Morgan fingerprint density at radius 2 is 1.76 bits per heavy atom. The molecule has 0 aliphatic carbocycles. The van der Waals surface area contributed by atoms with E-state index in [1.54, 1.807) is 30.3 Å². The van der Waals surface area contributed by atoms with E-state index >= 15 is 0 Å². The highest BCUT2D eigenvalue weighted by Crippen LogP contribution is 2.32. The monoisotopic (exact) mass is 458 g/mol. The average molecular weight is 459 g/mol. The summed E-state index contributed by atoms with van der Waals surface area (Å²) in [5.41, 5.74) is 4.22. The molecule has 0 unspecified atom stereocenters. The molecule has 5 heteroatoms. The zero-order valence-corrected chi connectivity index (χ0v) is 19.8. The second-order valence-electron chi connectivity index (χ2n) is 8.75. The topological polar surface area (TPSA) is 49.4 Å². The van der Waals surface area contributed by atoms with Gasteiger partial charge in [-0.05, 0) is 68.3 Å². The van der Waals surface area contributed by atoms with Crippen LogP contribution in [-0.2, 0) is 11.3 Å². The molecular formula is C28H27ClN2O2. The molecule has 0 bridgehead atoms. The van der Waals surface area contributed by atoms with Crippen LogP contribution in [0.3, 0.4) is 0 Å². The molecule has 1 N–H and O–H groups in total. The fraction of sp³-hybridized carbons (Fsp3) is 0.214. The quantitative estimate of drug-likeness (QED) is 0.440. The zero-order chi connectivity index (χ0) is 23.6. The molecule has 1 atom stereocenters. The predicted molar refractivity (Wildman–Crippen MR) is 134 cm³/mol. The van der Waals surface area contributed by atoms with E-state index in [-0.39, 0.29) is 11.7 Å². The van der Waals surface area contributed by atoms with Crippen LogP contribution in [0.2, 0.25) is 5.02 Å². The third-order valence-electron chi connectivity index (χ3n) is 6.36. The first-order valence-electron chi connectivity index (χ1n) is 11.0. The number of amides is 1. The number of rotatable bonds is 6. The molecule has 0 saturated heterocycles. The molecule has 0 saturated carbocycles. The fourth-order valence-corrected chi connectivity index (χ4v) is 4.23. The van der Waals surface area contributed by atoms with Crippen molar-refractivity contribution in [2.24, 2.45) is 0 Å². The van der Waals surface area contributed by atoms with E-state index in [1.165, 1.54) is 11.1 Å². The van der Waals surface area contributed by atoms with Crippen LogP contribution in [0, 0.1) is 13.8 Å². The number of hydrogen-bond donors (Lipinski definition) is 1. The van der Waals surface area contributed by atoms with Crippen molar-refractivity contribution in [3.8, 4) is 0 Å². The van der Waals surface area contributed by atoms with E-state index in [9.17, 15) is 9.59 Å². The van der Waals surface area contributed by atoms with E-state index in [4.69, 9.17) is 11.6 Å². The predicted octanol–water partition coefficient (Wildman–Crippen LogP) is 6.30. The minimum atomic E-state index is -0.772. The summed E-state index contributed by atoms with van der Waals surface area (Å²) in [5, 5.41) is 3.45. The summed E-state index contributed by atoms with van der Waals surface area (Å²) in [6.07, 6.45) is 4.57. The van der Waals surface area contributed by atoms with Crippen molar-refractivity contribution < 1.29 is 9.59 Å². The van der Waals surface area contributed by atoms with Gasteiger partial charge in [-0.1, -0.05) is 66.2 Å². The SMILES string of the molecule is Cc1ccc(CN2C=CC[C@]2(C)C(=O)Nc2ccc(Cl)cc2C(=O)c2ccccc2)cc1C. The van der Waals surface area contributed by atoms with Crippen LogP contribution >= 0.6 is 11.6 Å². The van der Waals surface area contributed by atoms with Gasteiger partial charge in [-0.2, -0.15) is 0 Å². The molecule has 0 aromatic heterocycles. The van der Waals surface area contributed by atoms with Gasteiger partial charge in [0.15, 0.2) is 5.78 Å². The maximum absolute atomic E-state index is 13.5. The van der Waals surface area contributed by atoms with Crippen LogP contribution < -0.4 is 5.32 Å². The Balaban J connectivity index is 1.58.